The number of hydrogen-bond acceptors (Lipinski definition) is 3. The molecule has 0 bridgehead atoms. The molecule has 1 saturated carbocycles. The van der Waals surface area contributed by atoms with E-state index in [1.165, 1.54) is 0 Å². The van der Waals surface area contributed by atoms with Crippen molar-refractivity contribution in [2.75, 3.05) is 0 Å². The van der Waals surface area contributed by atoms with Crippen LogP contribution < -0.4 is 5.32 Å². The number of carbonyl (C=O) groups excluding carboxylic acids is 1. The van der Waals surface area contributed by atoms with Gasteiger partial charge < -0.3 is 10.4 Å². The summed E-state index contributed by atoms with van der Waals surface area (Å²) in [5, 5.41) is 12.5. The Bertz CT molecular complexity index is 389. The van der Waals surface area contributed by atoms with E-state index in [-0.39, 0.29) is 23.5 Å². The molecule has 1 aliphatic carbocycles. The van der Waals surface area contributed by atoms with Gasteiger partial charge in [-0.15, -0.1) is 0 Å². The molecule has 4 nitrogen and oxygen atoms in total. The molecule has 0 aliphatic heterocycles. The van der Waals surface area contributed by atoms with E-state index >= 15 is 0 Å². The van der Waals surface area contributed by atoms with Gasteiger partial charge in [0.2, 0.25) is 0 Å². The Balaban J connectivity index is 2.00. The SMILES string of the molecule is CC1(C)C(O)CC1NC(=O)c1ccccn1. The van der Waals surface area contributed by atoms with Crippen molar-refractivity contribution in [2.45, 2.75) is 32.4 Å². The molecule has 1 amide bonds. The van der Waals surface area contributed by atoms with E-state index in [0.717, 1.165) is 0 Å². The molecule has 16 heavy (non-hydrogen) atoms. The predicted molar refractivity (Wildman–Crippen MR) is 59.9 cm³/mol. The number of hydrogen-bond donors (Lipinski definition) is 2. The summed E-state index contributed by atoms with van der Waals surface area (Å²) in [6.07, 6.45) is 1.88. The molecule has 1 heterocycles. The van der Waals surface area contributed by atoms with E-state index in [1.807, 2.05) is 13.8 Å². The summed E-state index contributed by atoms with van der Waals surface area (Å²) < 4.78 is 0. The van der Waals surface area contributed by atoms with Gasteiger partial charge in [-0.25, -0.2) is 0 Å². The van der Waals surface area contributed by atoms with Gasteiger partial charge in [0.05, 0.1) is 6.10 Å². The fraction of sp³-hybridized carbons (Fsp3) is 0.500. The molecule has 0 saturated heterocycles. The average molecular weight is 220 g/mol. The first-order valence-corrected chi connectivity index (χ1v) is 5.42. The first-order chi connectivity index (χ1) is 7.51. The van der Waals surface area contributed by atoms with Crippen molar-refractivity contribution in [2.24, 2.45) is 5.41 Å². The second kappa shape index (κ2) is 3.87. The lowest BCUT2D eigenvalue weighted by atomic mass is 9.64. The van der Waals surface area contributed by atoms with Crippen LogP contribution in [-0.4, -0.2) is 28.1 Å². The van der Waals surface area contributed by atoms with Crippen LogP contribution in [0.1, 0.15) is 30.8 Å². The van der Waals surface area contributed by atoms with Crippen LogP contribution in [0.15, 0.2) is 24.4 Å². The number of amides is 1. The molecule has 1 aliphatic rings. The number of rotatable bonds is 2. The molecule has 86 valence electrons. The molecule has 2 rings (SSSR count). The van der Waals surface area contributed by atoms with Crippen LogP contribution in [0.5, 0.6) is 0 Å². The summed E-state index contributed by atoms with van der Waals surface area (Å²) in [5.74, 6) is -0.175. The zero-order valence-electron chi connectivity index (χ0n) is 9.47. The van der Waals surface area contributed by atoms with Gasteiger partial charge in [0, 0.05) is 17.7 Å². The molecule has 1 fully saturated rings. The van der Waals surface area contributed by atoms with Crippen molar-refractivity contribution in [3.8, 4) is 0 Å². The monoisotopic (exact) mass is 220 g/mol. The maximum Gasteiger partial charge on any atom is 0.270 e. The van der Waals surface area contributed by atoms with E-state index in [4.69, 9.17) is 0 Å². The van der Waals surface area contributed by atoms with Gasteiger partial charge in [-0.1, -0.05) is 19.9 Å². The molecule has 1 aromatic rings. The highest BCUT2D eigenvalue weighted by Crippen LogP contribution is 2.40. The fourth-order valence-electron chi connectivity index (χ4n) is 1.88. The van der Waals surface area contributed by atoms with Gasteiger partial charge in [0.1, 0.15) is 5.69 Å². The number of nitrogens with one attached hydrogen (secondary N) is 1. The van der Waals surface area contributed by atoms with Gasteiger partial charge in [0.25, 0.3) is 5.91 Å². The molecular formula is C12H16N2O2. The molecule has 4 heteroatoms. The van der Waals surface area contributed by atoms with Crippen molar-refractivity contribution >= 4 is 5.91 Å². The van der Waals surface area contributed by atoms with Crippen LogP contribution in [0.3, 0.4) is 0 Å². The van der Waals surface area contributed by atoms with E-state index in [2.05, 4.69) is 10.3 Å². The zero-order valence-corrected chi connectivity index (χ0v) is 9.47. The number of aromatic nitrogens is 1. The third-order valence-electron chi connectivity index (χ3n) is 3.42. The Hall–Kier alpha value is -1.42. The molecular weight excluding hydrogens is 204 g/mol. The van der Waals surface area contributed by atoms with Crippen LogP contribution in [-0.2, 0) is 0 Å². The van der Waals surface area contributed by atoms with E-state index in [9.17, 15) is 9.90 Å². The third-order valence-corrected chi connectivity index (χ3v) is 3.42. The van der Waals surface area contributed by atoms with Gasteiger partial charge in [-0.3, -0.25) is 9.78 Å². The minimum absolute atomic E-state index is 0.0250. The topological polar surface area (TPSA) is 62.2 Å². The van der Waals surface area contributed by atoms with E-state index in [0.29, 0.717) is 12.1 Å². The minimum Gasteiger partial charge on any atom is -0.392 e. The Morgan fingerprint density at radius 1 is 1.56 bits per heavy atom. The van der Waals surface area contributed by atoms with Gasteiger partial charge in [-0.2, -0.15) is 0 Å². The molecule has 0 radical (unpaired) electrons. The van der Waals surface area contributed by atoms with Crippen LogP contribution >= 0.6 is 0 Å². The van der Waals surface area contributed by atoms with Crippen molar-refractivity contribution in [3.05, 3.63) is 30.1 Å². The van der Waals surface area contributed by atoms with Crippen LogP contribution in [0, 0.1) is 5.41 Å². The number of aliphatic hydroxyl groups excluding tert-OH is 1. The lowest BCUT2D eigenvalue weighted by molar-refractivity contribution is -0.0690. The molecule has 2 unspecified atom stereocenters. The highest BCUT2D eigenvalue weighted by Gasteiger charge is 2.48. The molecule has 0 aromatic carbocycles. The predicted octanol–water partition coefficient (Wildman–Crippen LogP) is 0.971. The second-order valence-corrected chi connectivity index (χ2v) is 4.81. The van der Waals surface area contributed by atoms with E-state index in [1.54, 1.807) is 24.4 Å². The Labute approximate surface area is 94.7 Å². The maximum atomic E-state index is 11.8. The highest BCUT2D eigenvalue weighted by molar-refractivity contribution is 5.92. The first kappa shape index (κ1) is 11.1. The molecule has 1 aromatic heterocycles. The minimum atomic E-state index is -0.332. The van der Waals surface area contributed by atoms with Crippen molar-refractivity contribution in [1.29, 1.82) is 0 Å². The molecule has 2 atom stereocenters. The summed E-state index contributed by atoms with van der Waals surface area (Å²) in [5.41, 5.74) is 0.171. The second-order valence-electron chi connectivity index (χ2n) is 4.81. The van der Waals surface area contributed by atoms with E-state index < -0.39 is 0 Å². The Morgan fingerprint density at radius 2 is 2.31 bits per heavy atom. The summed E-state index contributed by atoms with van der Waals surface area (Å²) in [4.78, 5) is 15.8. The average Bonchev–Trinajstić information content (AvgIpc) is 2.29. The summed E-state index contributed by atoms with van der Waals surface area (Å²) in [6, 6.07) is 5.26. The van der Waals surface area contributed by atoms with Crippen LogP contribution in [0.2, 0.25) is 0 Å². The number of pyridine rings is 1. The van der Waals surface area contributed by atoms with Gasteiger partial charge in [-0.05, 0) is 18.6 Å². The highest BCUT2D eigenvalue weighted by atomic mass is 16.3. The standard InChI is InChI=1S/C12H16N2O2/c1-12(2)9(7-10(12)15)14-11(16)8-5-3-4-6-13-8/h3-6,9-10,15H,7H2,1-2H3,(H,14,16). The lowest BCUT2D eigenvalue weighted by Crippen LogP contribution is -2.61. The number of carbonyl (C=O) groups is 1. The Morgan fingerprint density at radius 3 is 2.81 bits per heavy atom. The quantitative estimate of drug-likeness (QED) is 0.780. The summed E-state index contributed by atoms with van der Waals surface area (Å²) >= 11 is 0. The number of aliphatic hydroxyl groups is 1. The lowest BCUT2D eigenvalue weighted by Gasteiger charge is -2.49. The third kappa shape index (κ3) is 1.80. The van der Waals surface area contributed by atoms with Gasteiger partial charge in [0.15, 0.2) is 0 Å². The number of nitrogens with zero attached hydrogens (tertiary/aromatic N) is 1. The van der Waals surface area contributed by atoms with Crippen LogP contribution in [0.4, 0.5) is 0 Å². The normalized spacial score (nSPS) is 26.9. The fourth-order valence-corrected chi connectivity index (χ4v) is 1.88. The maximum absolute atomic E-state index is 11.8. The summed E-state index contributed by atoms with van der Waals surface area (Å²) in [6.45, 7) is 3.90. The molecule has 2 N–H and O–H groups in total. The van der Waals surface area contributed by atoms with Gasteiger partial charge >= 0.3 is 0 Å². The van der Waals surface area contributed by atoms with Crippen molar-refractivity contribution in [3.63, 3.8) is 0 Å². The first-order valence-electron chi connectivity index (χ1n) is 5.42. The molecule has 0 spiro atoms. The van der Waals surface area contributed by atoms with Crippen LogP contribution in [0.25, 0.3) is 0 Å². The largest absolute Gasteiger partial charge is 0.392 e. The van der Waals surface area contributed by atoms with Crippen molar-refractivity contribution < 1.29 is 9.90 Å². The smallest absolute Gasteiger partial charge is 0.270 e. The Kier molecular flexibility index (Phi) is 2.68. The van der Waals surface area contributed by atoms with Crippen molar-refractivity contribution in [1.82, 2.24) is 10.3 Å². The zero-order chi connectivity index (χ0) is 11.8. The summed E-state index contributed by atoms with van der Waals surface area (Å²) in [7, 11) is 0.